The van der Waals surface area contributed by atoms with Crippen LogP contribution in [-0.2, 0) is 11.3 Å². The lowest BCUT2D eigenvalue weighted by atomic mass is 10.6. The minimum atomic E-state index is -0.343. The van der Waals surface area contributed by atoms with Crippen molar-refractivity contribution in [3.63, 3.8) is 0 Å². The molecule has 15 heavy (non-hydrogen) atoms. The molecule has 0 saturated carbocycles. The van der Waals surface area contributed by atoms with Crippen LogP contribution in [0.3, 0.4) is 0 Å². The summed E-state index contributed by atoms with van der Waals surface area (Å²) in [6.07, 6.45) is -0.343. The molecule has 0 aliphatic rings. The first kappa shape index (κ1) is 11.5. The predicted octanol–water partition coefficient (Wildman–Crippen LogP) is 0.593. The molecular weight excluding hydrogens is 196 g/mol. The minimum absolute atomic E-state index is 0.306. The maximum Gasteiger partial charge on any atom is 0.409 e. The van der Waals surface area contributed by atoms with Crippen molar-refractivity contribution >= 4 is 6.09 Å². The Morgan fingerprint density at radius 2 is 2.13 bits per heavy atom. The van der Waals surface area contributed by atoms with Crippen LogP contribution in [0.4, 0.5) is 4.79 Å². The van der Waals surface area contributed by atoms with E-state index < -0.39 is 0 Å². The number of ether oxygens (including phenoxy) is 1. The van der Waals surface area contributed by atoms with E-state index in [4.69, 9.17) is 4.74 Å². The molecule has 1 aromatic heterocycles. The van der Waals surface area contributed by atoms with Crippen LogP contribution in [0.25, 0.3) is 0 Å². The topological polar surface area (TPSA) is 60.3 Å². The lowest BCUT2D eigenvalue weighted by Crippen LogP contribution is -2.24. The molecular formula is C9H16N4O2. The van der Waals surface area contributed by atoms with Gasteiger partial charge >= 0.3 is 6.09 Å². The highest BCUT2D eigenvalue weighted by atomic mass is 16.6. The summed E-state index contributed by atoms with van der Waals surface area (Å²) in [5.41, 5.74) is 0. The number of hydrogen-bond donors (Lipinski definition) is 0. The van der Waals surface area contributed by atoms with Crippen molar-refractivity contribution in [2.45, 2.75) is 20.4 Å². The van der Waals surface area contributed by atoms with Gasteiger partial charge in [0.15, 0.2) is 0 Å². The second-order valence-corrected chi connectivity index (χ2v) is 3.44. The van der Waals surface area contributed by atoms with Gasteiger partial charge in [-0.25, -0.2) is 14.5 Å². The van der Waals surface area contributed by atoms with E-state index in [1.54, 1.807) is 18.8 Å². The summed E-state index contributed by atoms with van der Waals surface area (Å²) < 4.78 is 6.69. The summed E-state index contributed by atoms with van der Waals surface area (Å²) in [6, 6.07) is 0. The van der Waals surface area contributed by atoms with Crippen molar-refractivity contribution in [3.05, 3.63) is 11.6 Å². The molecule has 1 heterocycles. The molecule has 1 amide bonds. The molecule has 0 aromatic carbocycles. The Bertz CT molecular complexity index is 346. The van der Waals surface area contributed by atoms with Crippen LogP contribution in [0.15, 0.2) is 0 Å². The quantitative estimate of drug-likeness (QED) is 0.735. The van der Waals surface area contributed by atoms with Crippen LogP contribution in [0.1, 0.15) is 11.6 Å². The van der Waals surface area contributed by atoms with Crippen LogP contribution in [0, 0.1) is 13.8 Å². The third kappa shape index (κ3) is 3.23. The Kier molecular flexibility index (Phi) is 3.65. The van der Waals surface area contributed by atoms with Crippen molar-refractivity contribution in [1.29, 1.82) is 0 Å². The van der Waals surface area contributed by atoms with Gasteiger partial charge in [-0.05, 0) is 13.8 Å². The number of aromatic nitrogens is 3. The third-order valence-electron chi connectivity index (χ3n) is 1.86. The first-order chi connectivity index (χ1) is 7.00. The molecule has 0 fully saturated rings. The van der Waals surface area contributed by atoms with Gasteiger partial charge in [0.2, 0.25) is 0 Å². The Morgan fingerprint density at radius 3 is 2.60 bits per heavy atom. The van der Waals surface area contributed by atoms with E-state index in [0.29, 0.717) is 13.2 Å². The van der Waals surface area contributed by atoms with Crippen LogP contribution < -0.4 is 0 Å². The summed E-state index contributed by atoms with van der Waals surface area (Å²) in [5.74, 6) is 1.56. The normalized spacial score (nSPS) is 10.1. The fraction of sp³-hybridized carbons (Fsp3) is 0.667. The Morgan fingerprint density at radius 1 is 1.47 bits per heavy atom. The smallest absolute Gasteiger partial charge is 0.409 e. The molecule has 6 nitrogen and oxygen atoms in total. The number of amides is 1. The molecule has 6 heteroatoms. The molecule has 0 aliphatic heterocycles. The summed E-state index contributed by atoms with van der Waals surface area (Å²) >= 11 is 0. The van der Waals surface area contributed by atoms with Gasteiger partial charge < -0.3 is 9.64 Å². The van der Waals surface area contributed by atoms with E-state index in [9.17, 15) is 4.79 Å². The van der Waals surface area contributed by atoms with E-state index in [0.717, 1.165) is 11.6 Å². The fourth-order valence-electron chi connectivity index (χ4n) is 1.12. The number of hydrogen-bond acceptors (Lipinski definition) is 4. The van der Waals surface area contributed by atoms with E-state index in [1.165, 1.54) is 4.90 Å². The highest BCUT2D eigenvalue weighted by molar-refractivity contribution is 5.66. The maximum absolute atomic E-state index is 11.1. The zero-order valence-corrected chi connectivity index (χ0v) is 9.52. The van der Waals surface area contributed by atoms with Gasteiger partial charge in [-0.1, -0.05) is 0 Å². The highest BCUT2D eigenvalue weighted by Crippen LogP contribution is 1.96. The Balaban J connectivity index is 2.38. The maximum atomic E-state index is 11.1. The molecule has 0 N–H and O–H groups in total. The molecule has 0 spiro atoms. The Hall–Kier alpha value is -1.59. The van der Waals surface area contributed by atoms with Crippen molar-refractivity contribution in [1.82, 2.24) is 19.7 Å². The number of rotatable bonds is 3. The van der Waals surface area contributed by atoms with Crippen molar-refractivity contribution in [3.8, 4) is 0 Å². The van der Waals surface area contributed by atoms with Crippen molar-refractivity contribution in [2.75, 3.05) is 20.7 Å². The SMILES string of the molecule is Cc1nc(C)n(CCOC(=O)N(C)C)n1. The molecule has 0 radical (unpaired) electrons. The summed E-state index contributed by atoms with van der Waals surface area (Å²) in [4.78, 5) is 16.6. The Labute approximate surface area is 88.8 Å². The van der Waals surface area contributed by atoms with Crippen LogP contribution in [0.2, 0.25) is 0 Å². The van der Waals surface area contributed by atoms with Gasteiger partial charge in [0, 0.05) is 14.1 Å². The minimum Gasteiger partial charge on any atom is -0.447 e. The largest absolute Gasteiger partial charge is 0.447 e. The number of aryl methyl sites for hydroxylation is 2. The highest BCUT2D eigenvalue weighted by Gasteiger charge is 2.06. The van der Waals surface area contributed by atoms with Crippen molar-refractivity contribution < 1.29 is 9.53 Å². The molecule has 84 valence electrons. The lowest BCUT2D eigenvalue weighted by Gasteiger charge is -2.10. The lowest BCUT2D eigenvalue weighted by molar-refractivity contribution is 0.113. The summed E-state index contributed by atoms with van der Waals surface area (Å²) in [6.45, 7) is 4.54. The number of carbonyl (C=O) groups is 1. The standard InChI is InChI=1S/C9H16N4O2/c1-7-10-8(2)13(11-7)5-6-15-9(14)12(3)4/h5-6H2,1-4H3. The average molecular weight is 212 g/mol. The van der Waals surface area contributed by atoms with E-state index in [1.807, 2.05) is 13.8 Å². The molecule has 0 saturated heterocycles. The molecule has 0 unspecified atom stereocenters. The van der Waals surface area contributed by atoms with Crippen LogP contribution in [-0.4, -0.2) is 46.5 Å². The second-order valence-electron chi connectivity index (χ2n) is 3.44. The van der Waals surface area contributed by atoms with E-state index in [2.05, 4.69) is 10.1 Å². The zero-order valence-electron chi connectivity index (χ0n) is 9.52. The summed E-state index contributed by atoms with van der Waals surface area (Å²) in [7, 11) is 3.29. The molecule has 0 bridgehead atoms. The van der Waals surface area contributed by atoms with Gasteiger partial charge in [-0.2, -0.15) is 5.10 Å². The first-order valence-corrected chi connectivity index (χ1v) is 4.73. The van der Waals surface area contributed by atoms with Crippen LogP contribution in [0.5, 0.6) is 0 Å². The van der Waals surface area contributed by atoms with Gasteiger partial charge in [0.1, 0.15) is 18.3 Å². The van der Waals surface area contributed by atoms with Gasteiger partial charge in [-0.3, -0.25) is 0 Å². The molecule has 1 aromatic rings. The monoisotopic (exact) mass is 212 g/mol. The number of nitrogens with zero attached hydrogens (tertiary/aromatic N) is 4. The van der Waals surface area contributed by atoms with Gasteiger partial charge in [0.25, 0.3) is 0 Å². The molecule has 1 rings (SSSR count). The van der Waals surface area contributed by atoms with E-state index >= 15 is 0 Å². The van der Waals surface area contributed by atoms with Gasteiger partial charge in [-0.15, -0.1) is 0 Å². The number of carbonyl (C=O) groups excluding carboxylic acids is 1. The fourth-order valence-corrected chi connectivity index (χ4v) is 1.12. The van der Waals surface area contributed by atoms with Crippen LogP contribution >= 0.6 is 0 Å². The molecule has 0 atom stereocenters. The third-order valence-corrected chi connectivity index (χ3v) is 1.86. The summed E-state index contributed by atoms with van der Waals surface area (Å²) in [5, 5.41) is 4.15. The van der Waals surface area contributed by atoms with Crippen molar-refractivity contribution in [2.24, 2.45) is 0 Å². The predicted molar refractivity (Wildman–Crippen MR) is 54.5 cm³/mol. The zero-order chi connectivity index (χ0) is 11.4. The first-order valence-electron chi connectivity index (χ1n) is 4.73. The average Bonchev–Trinajstić information content (AvgIpc) is 2.45. The van der Waals surface area contributed by atoms with Gasteiger partial charge in [0.05, 0.1) is 6.54 Å². The molecule has 0 aliphatic carbocycles. The second kappa shape index (κ2) is 4.77. The van der Waals surface area contributed by atoms with E-state index in [-0.39, 0.29) is 6.09 Å².